The highest BCUT2D eigenvalue weighted by Crippen LogP contribution is 2.00. The number of nitrogens with two attached hydrogens (primary N) is 1. The molecule has 0 saturated carbocycles. The van der Waals surface area contributed by atoms with Crippen molar-refractivity contribution in [2.45, 2.75) is 6.54 Å². The van der Waals surface area contributed by atoms with Crippen LogP contribution in [0.15, 0.2) is 23.1 Å². The first kappa shape index (κ1) is 7.88. The standard InChI is InChI=1S/C8H8N4O/c9-4-6-11-7-5(8(13)12-6)2-1-3-10-7/h1-3H,4,9H2,(H,10,11,12,13). The highest BCUT2D eigenvalue weighted by molar-refractivity contribution is 5.72. The Balaban J connectivity index is 2.85. The lowest BCUT2D eigenvalue weighted by Crippen LogP contribution is -2.14. The largest absolute Gasteiger partial charge is 0.324 e. The summed E-state index contributed by atoms with van der Waals surface area (Å²) >= 11 is 0. The van der Waals surface area contributed by atoms with Gasteiger partial charge in [-0.05, 0) is 12.1 Å². The van der Waals surface area contributed by atoms with E-state index in [0.717, 1.165) is 0 Å². The zero-order valence-electron chi connectivity index (χ0n) is 6.82. The molecule has 5 nitrogen and oxygen atoms in total. The summed E-state index contributed by atoms with van der Waals surface area (Å²) in [5, 5.41) is 0.486. The molecule has 2 aromatic heterocycles. The highest BCUT2D eigenvalue weighted by atomic mass is 16.1. The van der Waals surface area contributed by atoms with Crippen LogP contribution >= 0.6 is 0 Å². The normalized spacial score (nSPS) is 10.5. The third-order valence-electron chi connectivity index (χ3n) is 1.72. The first-order chi connectivity index (χ1) is 6.31. The summed E-state index contributed by atoms with van der Waals surface area (Å²) in [6.07, 6.45) is 1.59. The molecule has 0 amide bonds. The van der Waals surface area contributed by atoms with E-state index in [1.54, 1.807) is 18.3 Å². The number of fused-ring (bicyclic) bond motifs is 1. The van der Waals surface area contributed by atoms with Crippen molar-refractivity contribution in [3.8, 4) is 0 Å². The number of pyridine rings is 1. The minimum Gasteiger partial charge on any atom is -0.324 e. The highest BCUT2D eigenvalue weighted by Gasteiger charge is 2.01. The van der Waals surface area contributed by atoms with Crippen LogP contribution in [0.5, 0.6) is 0 Å². The Kier molecular flexibility index (Phi) is 1.79. The number of nitrogens with zero attached hydrogens (tertiary/aromatic N) is 2. The van der Waals surface area contributed by atoms with Gasteiger partial charge in [0.15, 0.2) is 5.65 Å². The van der Waals surface area contributed by atoms with Gasteiger partial charge in [0.2, 0.25) is 0 Å². The number of hydrogen-bond acceptors (Lipinski definition) is 4. The van der Waals surface area contributed by atoms with Crippen LogP contribution in [-0.4, -0.2) is 15.0 Å². The van der Waals surface area contributed by atoms with E-state index >= 15 is 0 Å². The van der Waals surface area contributed by atoms with Crippen LogP contribution in [0.25, 0.3) is 11.0 Å². The Bertz CT molecular complexity index is 491. The smallest absolute Gasteiger partial charge is 0.260 e. The quantitative estimate of drug-likeness (QED) is 0.628. The molecule has 0 fully saturated rings. The first-order valence-corrected chi connectivity index (χ1v) is 3.85. The number of rotatable bonds is 1. The summed E-state index contributed by atoms with van der Waals surface area (Å²) in [7, 11) is 0. The van der Waals surface area contributed by atoms with Crippen molar-refractivity contribution in [1.29, 1.82) is 0 Å². The third kappa shape index (κ3) is 1.29. The van der Waals surface area contributed by atoms with E-state index in [0.29, 0.717) is 16.9 Å². The minimum absolute atomic E-state index is 0.196. The molecule has 2 rings (SSSR count). The molecule has 66 valence electrons. The van der Waals surface area contributed by atoms with Gasteiger partial charge in [0.25, 0.3) is 5.56 Å². The molecule has 0 atom stereocenters. The fourth-order valence-electron chi connectivity index (χ4n) is 1.11. The molecule has 0 aliphatic heterocycles. The van der Waals surface area contributed by atoms with E-state index < -0.39 is 0 Å². The topological polar surface area (TPSA) is 84.7 Å². The maximum atomic E-state index is 11.4. The van der Waals surface area contributed by atoms with Gasteiger partial charge in [-0.15, -0.1) is 0 Å². The van der Waals surface area contributed by atoms with E-state index in [-0.39, 0.29) is 12.1 Å². The van der Waals surface area contributed by atoms with Crippen molar-refractivity contribution in [2.75, 3.05) is 0 Å². The van der Waals surface area contributed by atoms with Crippen molar-refractivity contribution in [3.63, 3.8) is 0 Å². The molecule has 5 heteroatoms. The Hall–Kier alpha value is -1.75. The molecule has 0 bridgehead atoms. The fraction of sp³-hybridized carbons (Fsp3) is 0.125. The number of nitrogens with one attached hydrogen (secondary N) is 1. The Labute approximate surface area is 73.6 Å². The molecule has 0 saturated heterocycles. The Morgan fingerprint density at radius 2 is 2.38 bits per heavy atom. The first-order valence-electron chi connectivity index (χ1n) is 3.85. The van der Waals surface area contributed by atoms with Crippen LogP contribution in [0.1, 0.15) is 5.82 Å². The predicted molar refractivity (Wildman–Crippen MR) is 48.1 cm³/mol. The number of aromatic amines is 1. The zero-order chi connectivity index (χ0) is 9.26. The molecule has 0 spiro atoms. The molecule has 13 heavy (non-hydrogen) atoms. The van der Waals surface area contributed by atoms with E-state index in [1.165, 1.54) is 0 Å². The molecular formula is C8H8N4O. The SMILES string of the molecule is NCc1nc2ncccc2c(=O)[nH]1. The molecule has 0 unspecified atom stereocenters. The van der Waals surface area contributed by atoms with Gasteiger partial charge in [0.05, 0.1) is 11.9 Å². The Morgan fingerprint density at radius 1 is 1.54 bits per heavy atom. The average molecular weight is 176 g/mol. The third-order valence-corrected chi connectivity index (χ3v) is 1.72. The van der Waals surface area contributed by atoms with Crippen molar-refractivity contribution in [2.24, 2.45) is 5.73 Å². The summed E-state index contributed by atoms with van der Waals surface area (Å²) in [6, 6.07) is 3.37. The minimum atomic E-state index is -0.196. The molecular weight excluding hydrogens is 168 g/mol. The number of H-pyrrole nitrogens is 1. The molecule has 0 aromatic carbocycles. The van der Waals surface area contributed by atoms with Crippen molar-refractivity contribution in [1.82, 2.24) is 15.0 Å². The van der Waals surface area contributed by atoms with Gasteiger partial charge < -0.3 is 10.7 Å². The zero-order valence-corrected chi connectivity index (χ0v) is 6.82. The van der Waals surface area contributed by atoms with E-state index in [4.69, 9.17) is 5.73 Å². The maximum absolute atomic E-state index is 11.4. The fourth-order valence-corrected chi connectivity index (χ4v) is 1.11. The van der Waals surface area contributed by atoms with Gasteiger partial charge in [-0.3, -0.25) is 4.79 Å². The molecule has 0 aliphatic carbocycles. The van der Waals surface area contributed by atoms with Gasteiger partial charge in [0.1, 0.15) is 5.82 Å². The van der Waals surface area contributed by atoms with E-state index in [2.05, 4.69) is 15.0 Å². The van der Waals surface area contributed by atoms with Crippen LogP contribution in [0.4, 0.5) is 0 Å². The van der Waals surface area contributed by atoms with Gasteiger partial charge in [-0.2, -0.15) is 0 Å². The Morgan fingerprint density at radius 3 is 3.15 bits per heavy atom. The van der Waals surface area contributed by atoms with Crippen LogP contribution in [0, 0.1) is 0 Å². The van der Waals surface area contributed by atoms with E-state index in [1.807, 2.05) is 0 Å². The molecule has 0 aliphatic rings. The van der Waals surface area contributed by atoms with Gasteiger partial charge in [0, 0.05) is 6.20 Å². The molecule has 3 N–H and O–H groups in total. The second-order valence-electron chi connectivity index (χ2n) is 2.59. The average Bonchev–Trinajstić information content (AvgIpc) is 2.18. The lowest BCUT2D eigenvalue weighted by Gasteiger charge is -1.97. The summed E-state index contributed by atoms with van der Waals surface area (Å²) in [5.74, 6) is 0.455. The molecule has 2 aromatic rings. The maximum Gasteiger partial charge on any atom is 0.260 e. The second kappa shape index (κ2) is 2.95. The van der Waals surface area contributed by atoms with Crippen LogP contribution in [0.2, 0.25) is 0 Å². The van der Waals surface area contributed by atoms with Crippen LogP contribution < -0.4 is 11.3 Å². The van der Waals surface area contributed by atoms with Crippen molar-refractivity contribution in [3.05, 3.63) is 34.5 Å². The summed E-state index contributed by atoms with van der Waals surface area (Å²) < 4.78 is 0. The lowest BCUT2D eigenvalue weighted by molar-refractivity contribution is 0.907. The summed E-state index contributed by atoms with van der Waals surface area (Å²) in [4.78, 5) is 22.0. The van der Waals surface area contributed by atoms with Crippen LogP contribution in [-0.2, 0) is 6.54 Å². The molecule has 2 heterocycles. The van der Waals surface area contributed by atoms with Gasteiger partial charge >= 0.3 is 0 Å². The van der Waals surface area contributed by atoms with Gasteiger partial charge in [-0.1, -0.05) is 0 Å². The summed E-state index contributed by atoms with van der Waals surface area (Å²) in [5.41, 5.74) is 5.59. The number of aromatic nitrogens is 3. The van der Waals surface area contributed by atoms with Gasteiger partial charge in [-0.25, -0.2) is 9.97 Å². The van der Waals surface area contributed by atoms with E-state index in [9.17, 15) is 4.79 Å². The van der Waals surface area contributed by atoms with Crippen molar-refractivity contribution < 1.29 is 0 Å². The summed E-state index contributed by atoms with van der Waals surface area (Å²) in [6.45, 7) is 0.210. The van der Waals surface area contributed by atoms with Crippen molar-refractivity contribution >= 4 is 11.0 Å². The predicted octanol–water partition coefficient (Wildman–Crippen LogP) is -0.223. The van der Waals surface area contributed by atoms with Crippen LogP contribution in [0.3, 0.4) is 0 Å². The molecule has 0 radical (unpaired) electrons. The second-order valence-corrected chi connectivity index (χ2v) is 2.59. The number of hydrogen-bond donors (Lipinski definition) is 2. The lowest BCUT2D eigenvalue weighted by atomic mass is 10.3. The monoisotopic (exact) mass is 176 g/mol.